The number of hydrazone groups is 1. The molecular formula is C18H13N5OS. The van der Waals surface area contributed by atoms with Crippen molar-refractivity contribution < 1.29 is 4.79 Å². The van der Waals surface area contributed by atoms with Crippen molar-refractivity contribution in [3.8, 4) is 6.07 Å². The van der Waals surface area contributed by atoms with E-state index in [1.54, 1.807) is 6.20 Å². The molecule has 0 saturated carbocycles. The number of hydrogen-bond donors (Lipinski definition) is 1. The smallest absolute Gasteiger partial charge is 0.273 e. The maximum absolute atomic E-state index is 12.2. The minimum atomic E-state index is -0.237. The van der Waals surface area contributed by atoms with Gasteiger partial charge in [-0.25, -0.2) is 10.4 Å². The van der Waals surface area contributed by atoms with E-state index in [1.165, 1.54) is 11.3 Å². The second-order valence-corrected chi connectivity index (χ2v) is 6.39. The minimum Gasteiger partial charge on any atom is -0.346 e. The topological polar surface area (TPSA) is 83.1 Å². The average molecular weight is 347 g/mol. The Morgan fingerprint density at radius 2 is 2.24 bits per heavy atom. The first kappa shape index (κ1) is 15.3. The van der Waals surface area contributed by atoms with Crippen LogP contribution in [0.15, 0.2) is 52.7 Å². The number of carbonyl (C=O) groups is 1. The number of thiazole rings is 1. The lowest BCUT2D eigenvalue weighted by Crippen LogP contribution is -2.13. The Morgan fingerprint density at radius 1 is 1.36 bits per heavy atom. The summed E-state index contributed by atoms with van der Waals surface area (Å²) in [6.07, 6.45) is 5.94. The number of benzene rings is 1. The predicted octanol–water partition coefficient (Wildman–Crippen LogP) is 2.93. The Morgan fingerprint density at radius 3 is 3.04 bits per heavy atom. The monoisotopic (exact) mass is 347 g/mol. The van der Waals surface area contributed by atoms with Crippen LogP contribution in [0.3, 0.4) is 0 Å². The molecule has 122 valence electrons. The predicted molar refractivity (Wildman–Crippen MR) is 96.9 cm³/mol. The normalized spacial score (nSPS) is 15.4. The van der Waals surface area contributed by atoms with Crippen LogP contribution in [0.25, 0.3) is 17.0 Å². The quantitative estimate of drug-likeness (QED) is 0.737. The zero-order chi connectivity index (χ0) is 17.2. The number of nitrogens with one attached hydrogen (secondary N) is 1. The summed E-state index contributed by atoms with van der Waals surface area (Å²) in [5, 5.41) is 16.6. The first-order valence-electron chi connectivity index (χ1n) is 7.72. The Balaban J connectivity index is 1.82. The zero-order valence-corrected chi connectivity index (χ0v) is 14.0. The Bertz CT molecular complexity index is 1050. The molecule has 0 spiro atoms. The lowest BCUT2D eigenvalue weighted by atomic mass is 10.1. The maximum atomic E-state index is 12.2. The zero-order valence-electron chi connectivity index (χ0n) is 13.1. The van der Waals surface area contributed by atoms with E-state index in [1.807, 2.05) is 46.5 Å². The third-order valence-corrected chi connectivity index (χ3v) is 4.77. The molecule has 1 N–H and O–H groups in total. The molecule has 0 atom stereocenters. The van der Waals surface area contributed by atoms with E-state index in [-0.39, 0.29) is 5.91 Å². The van der Waals surface area contributed by atoms with Crippen LogP contribution in [0.4, 0.5) is 0 Å². The summed E-state index contributed by atoms with van der Waals surface area (Å²) >= 11 is 1.44. The van der Waals surface area contributed by atoms with Crippen molar-refractivity contribution in [2.45, 2.75) is 13.0 Å². The van der Waals surface area contributed by atoms with Crippen molar-refractivity contribution in [1.29, 1.82) is 5.26 Å². The molecule has 0 fully saturated rings. The van der Waals surface area contributed by atoms with Gasteiger partial charge in [0.05, 0.1) is 18.1 Å². The van der Waals surface area contributed by atoms with Crippen LogP contribution in [0, 0.1) is 11.3 Å². The summed E-state index contributed by atoms with van der Waals surface area (Å²) in [5.41, 5.74) is 5.54. The third-order valence-electron chi connectivity index (χ3n) is 3.99. The van der Waals surface area contributed by atoms with Gasteiger partial charge >= 0.3 is 0 Å². The van der Waals surface area contributed by atoms with Gasteiger partial charge in [0.1, 0.15) is 10.7 Å². The highest BCUT2D eigenvalue weighted by Crippen LogP contribution is 2.26. The minimum absolute atomic E-state index is 0.237. The van der Waals surface area contributed by atoms with E-state index in [4.69, 9.17) is 5.26 Å². The van der Waals surface area contributed by atoms with Crippen LogP contribution in [0.1, 0.15) is 17.0 Å². The highest BCUT2D eigenvalue weighted by atomic mass is 32.1. The third kappa shape index (κ3) is 2.73. The van der Waals surface area contributed by atoms with Crippen molar-refractivity contribution in [2.75, 3.05) is 0 Å². The van der Waals surface area contributed by atoms with Gasteiger partial charge in [-0.3, -0.25) is 4.79 Å². The number of nitrogens with zero attached hydrogens (tertiary/aromatic N) is 4. The van der Waals surface area contributed by atoms with Crippen LogP contribution in [0.5, 0.6) is 0 Å². The fourth-order valence-corrected chi connectivity index (χ4v) is 3.51. The van der Waals surface area contributed by atoms with Crippen molar-refractivity contribution in [2.24, 2.45) is 5.10 Å². The molecule has 0 bridgehead atoms. The Hall–Kier alpha value is -3.24. The van der Waals surface area contributed by atoms with Gasteiger partial charge < -0.3 is 4.57 Å². The van der Waals surface area contributed by atoms with E-state index >= 15 is 0 Å². The second-order valence-electron chi connectivity index (χ2n) is 5.50. The summed E-state index contributed by atoms with van der Waals surface area (Å²) in [6, 6.07) is 10.1. The van der Waals surface area contributed by atoms with Crippen LogP contribution in [-0.4, -0.2) is 21.2 Å². The molecule has 0 saturated heterocycles. The second kappa shape index (κ2) is 6.34. The summed E-state index contributed by atoms with van der Waals surface area (Å²) in [4.78, 5) is 16.5. The van der Waals surface area contributed by atoms with Crippen LogP contribution in [0.2, 0.25) is 0 Å². The number of nitriles is 1. The number of para-hydroxylation sites is 1. The molecule has 0 unspecified atom stereocenters. The van der Waals surface area contributed by atoms with Crippen molar-refractivity contribution in [1.82, 2.24) is 15.0 Å². The van der Waals surface area contributed by atoms with Gasteiger partial charge in [0.15, 0.2) is 0 Å². The van der Waals surface area contributed by atoms with Gasteiger partial charge in [-0.05, 0) is 12.1 Å². The number of amides is 1. The molecule has 0 aliphatic carbocycles. The van der Waals surface area contributed by atoms with E-state index < -0.39 is 0 Å². The van der Waals surface area contributed by atoms with Crippen LogP contribution >= 0.6 is 11.3 Å². The van der Waals surface area contributed by atoms with Crippen LogP contribution in [-0.2, 0) is 11.3 Å². The molecule has 7 heteroatoms. The molecule has 3 heterocycles. The average Bonchev–Trinajstić information content (AvgIpc) is 3.35. The van der Waals surface area contributed by atoms with Gasteiger partial charge in [0, 0.05) is 40.8 Å². The summed E-state index contributed by atoms with van der Waals surface area (Å²) in [5.74, 6) is -0.237. The summed E-state index contributed by atoms with van der Waals surface area (Å²) < 4.78 is 2.04. The van der Waals surface area contributed by atoms with E-state index in [9.17, 15) is 4.79 Å². The molecule has 2 aromatic heterocycles. The van der Waals surface area contributed by atoms with Crippen molar-refractivity contribution in [3.05, 3.63) is 58.2 Å². The Labute approximate surface area is 147 Å². The van der Waals surface area contributed by atoms with Crippen LogP contribution < -0.4 is 5.43 Å². The molecule has 6 nitrogen and oxygen atoms in total. The molecule has 3 aromatic rings. The number of rotatable bonds is 4. The van der Waals surface area contributed by atoms with E-state index in [0.29, 0.717) is 29.3 Å². The fourth-order valence-electron chi connectivity index (χ4n) is 2.87. The lowest BCUT2D eigenvalue weighted by molar-refractivity contribution is -0.116. The number of aromatic nitrogens is 2. The summed E-state index contributed by atoms with van der Waals surface area (Å²) in [7, 11) is 0. The van der Waals surface area contributed by atoms with Gasteiger partial charge in [-0.15, -0.1) is 11.3 Å². The summed E-state index contributed by atoms with van der Waals surface area (Å²) in [6.45, 7) is 0.611. The SMILES string of the molecule is N#CCCn1cc(/C=C2\C(=O)NN=C2c2nccs2)c2ccccc21. The molecular weight excluding hydrogens is 334 g/mol. The van der Waals surface area contributed by atoms with Gasteiger partial charge in [0.2, 0.25) is 0 Å². The number of fused-ring (bicyclic) bond motifs is 1. The van der Waals surface area contributed by atoms with Gasteiger partial charge in [-0.2, -0.15) is 10.4 Å². The van der Waals surface area contributed by atoms with Crippen molar-refractivity contribution in [3.63, 3.8) is 0 Å². The Kier molecular flexibility index (Phi) is 3.88. The fraction of sp³-hybridized carbons (Fsp3) is 0.111. The maximum Gasteiger partial charge on any atom is 0.273 e. The first-order chi connectivity index (χ1) is 12.3. The molecule has 1 aliphatic rings. The van der Waals surface area contributed by atoms with Gasteiger partial charge in [0.25, 0.3) is 5.91 Å². The largest absolute Gasteiger partial charge is 0.346 e. The molecule has 0 radical (unpaired) electrons. The standard InChI is InChI=1S/C18H13N5OS/c19-6-3-8-23-11-12(13-4-1-2-5-15(13)23)10-14-16(21-22-17(14)24)18-20-7-9-25-18/h1-2,4-5,7,9-11H,3,8H2,(H,22,24)/b14-10-. The highest BCUT2D eigenvalue weighted by Gasteiger charge is 2.26. The lowest BCUT2D eigenvalue weighted by Gasteiger charge is -2.00. The number of carbonyl (C=O) groups excluding carboxylic acids is 1. The molecule has 1 amide bonds. The number of hydrogen-bond acceptors (Lipinski definition) is 5. The highest BCUT2D eigenvalue weighted by molar-refractivity contribution is 7.12. The molecule has 4 rings (SSSR count). The number of aryl methyl sites for hydroxylation is 1. The molecule has 1 aromatic carbocycles. The van der Waals surface area contributed by atoms with E-state index in [0.717, 1.165) is 16.5 Å². The van der Waals surface area contributed by atoms with Gasteiger partial charge in [-0.1, -0.05) is 18.2 Å². The molecule has 25 heavy (non-hydrogen) atoms. The van der Waals surface area contributed by atoms with Crippen molar-refractivity contribution >= 4 is 39.9 Å². The molecule has 1 aliphatic heterocycles. The van der Waals surface area contributed by atoms with E-state index in [2.05, 4.69) is 21.6 Å². The first-order valence-corrected chi connectivity index (χ1v) is 8.60.